The average molecular weight is 393 g/mol. The standard InChI is InChI=1S/C27H23NO2/c1-15-12-13-17(14-16(15)2)28-25(29)24-22-18-8-4-6-10-20(18)23(27(24,3)26(28)30)21-11-7-5-9-19(21)22/h4-14,22-24H,1-3H3/t22?,23?,24-,27+/m1/s1. The lowest BCUT2D eigenvalue weighted by Crippen LogP contribution is -2.49. The number of benzene rings is 3. The molecule has 1 saturated heterocycles. The Morgan fingerprint density at radius 3 is 1.90 bits per heavy atom. The zero-order valence-corrected chi connectivity index (χ0v) is 17.3. The molecule has 3 heteroatoms. The van der Waals surface area contributed by atoms with Crippen LogP contribution in [-0.4, -0.2) is 11.8 Å². The topological polar surface area (TPSA) is 37.4 Å². The number of amides is 2. The Hall–Kier alpha value is -3.20. The first-order valence-electron chi connectivity index (χ1n) is 10.6. The van der Waals surface area contributed by atoms with E-state index in [1.54, 1.807) is 0 Å². The molecule has 1 fully saturated rings. The Morgan fingerprint density at radius 2 is 1.33 bits per heavy atom. The zero-order chi connectivity index (χ0) is 20.8. The molecule has 3 aromatic carbocycles. The fourth-order valence-corrected chi connectivity index (χ4v) is 6.22. The first-order valence-corrected chi connectivity index (χ1v) is 10.6. The van der Waals surface area contributed by atoms with Crippen LogP contribution in [0.25, 0.3) is 0 Å². The number of nitrogens with zero attached hydrogens (tertiary/aromatic N) is 1. The molecule has 2 amide bonds. The largest absolute Gasteiger partial charge is 0.274 e. The van der Waals surface area contributed by atoms with Gasteiger partial charge in [-0.3, -0.25) is 9.59 Å². The van der Waals surface area contributed by atoms with Crippen LogP contribution in [0.3, 0.4) is 0 Å². The molecular weight excluding hydrogens is 370 g/mol. The van der Waals surface area contributed by atoms with Crippen LogP contribution in [0, 0.1) is 25.2 Å². The highest BCUT2D eigenvalue weighted by atomic mass is 16.2. The smallest absolute Gasteiger partial charge is 0.241 e. The molecule has 2 bridgehead atoms. The number of rotatable bonds is 1. The van der Waals surface area contributed by atoms with Crippen LogP contribution in [0.15, 0.2) is 66.7 Å². The minimum absolute atomic E-state index is 0.0650. The van der Waals surface area contributed by atoms with E-state index in [0.29, 0.717) is 5.69 Å². The van der Waals surface area contributed by atoms with Crippen LogP contribution in [0.1, 0.15) is 52.1 Å². The fourth-order valence-electron chi connectivity index (χ4n) is 6.22. The van der Waals surface area contributed by atoms with Crippen molar-refractivity contribution < 1.29 is 9.59 Å². The summed E-state index contributed by atoms with van der Waals surface area (Å²) in [5.41, 5.74) is 6.95. The highest BCUT2D eigenvalue weighted by molar-refractivity contribution is 6.25. The molecule has 0 unspecified atom stereocenters. The van der Waals surface area contributed by atoms with Crippen LogP contribution >= 0.6 is 0 Å². The first kappa shape index (κ1) is 17.6. The van der Waals surface area contributed by atoms with E-state index in [9.17, 15) is 9.59 Å². The third kappa shape index (κ3) is 1.91. The molecule has 0 radical (unpaired) electrons. The number of carbonyl (C=O) groups excluding carboxylic acids is 2. The molecular formula is C27H23NO2. The van der Waals surface area contributed by atoms with Crippen LogP contribution in [0.4, 0.5) is 5.69 Å². The normalized spacial score (nSPS) is 28.4. The third-order valence-electron chi connectivity index (χ3n) is 7.76. The molecule has 4 aliphatic rings. The summed E-state index contributed by atoms with van der Waals surface area (Å²) < 4.78 is 0. The van der Waals surface area contributed by atoms with Crippen molar-refractivity contribution in [1.82, 2.24) is 0 Å². The van der Waals surface area contributed by atoms with Crippen molar-refractivity contribution >= 4 is 17.5 Å². The molecule has 3 aromatic rings. The fraction of sp³-hybridized carbons (Fsp3) is 0.259. The van der Waals surface area contributed by atoms with Gasteiger partial charge in [-0.15, -0.1) is 0 Å². The highest BCUT2D eigenvalue weighted by Crippen LogP contribution is 2.67. The number of carbonyl (C=O) groups is 2. The van der Waals surface area contributed by atoms with Gasteiger partial charge in [0.1, 0.15) is 0 Å². The molecule has 7 rings (SSSR count). The minimum atomic E-state index is -0.775. The van der Waals surface area contributed by atoms with Gasteiger partial charge in [0.25, 0.3) is 0 Å². The zero-order valence-electron chi connectivity index (χ0n) is 17.3. The van der Waals surface area contributed by atoms with Crippen molar-refractivity contribution in [3.63, 3.8) is 0 Å². The monoisotopic (exact) mass is 393 g/mol. The predicted molar refractivity (Wildman–Crippen MR) is 117 cm³/mol. The van der Waals surface area contributed by atoms with Crippen molar-refractivity contribution in [3.05, 3.63) is 100 Å². The first-order chi connectivity index (χ1) is 14.4. The summed E-state index contributed by atoms with van der Waals surface area (Å²) in [7, 11) is 0. The number of hydrogen-bond donors (Lipinski definition) is 0. The quantitative estimate of drug-likeness (QED) is 0.540. The Morgan fingerprint density at radius 1 is 0.767 bits per heavy atom. The van der Waals surface area contributed by atoms with E-state index in [0.717, 1.165) is 11.1 Å². The molecule has 1 aliphatic heterocycles. The summed E-state index contributed by atoms with van der Waals surface area (Å²) >= 11 is 0. The molecule has 30 heavy (non-hydrogen) atoms. The van der Waals surface area contributed by atoms with Gasteiger partial charge in [-0.05, 0) is 66.3 Å². The van der Waals surface area contributed by atoms with E-state index in [1.165, 1.54) is 27.2 Å². The van der Waals surface area contributed by atoms with E-state index in [-0.39, 0.29) is 29.6 Å². The number of aryl methyl sites for hydroxylation is 2. The van der Waals surface area contributed by atoms with Crippen molar-refractivity contribution in [2.75, 3.05) is 4.90 Å². The lowest BCUT2D eigenvalue weighted by molar-refractivity contribution is -0.128. The molecule has 0 N–H and O–H groups in total. The lowest BCUT2D eigenvalue weighted by atomic mass is 9.48. The van der Waals surface area contributed by atoms with Gasteiger partial charge in [0.15, 0.2) is 0 Å². The molecule has 0 spiro atoms. The van der Waals surface area contributed by atoms with E-state index >= 15 is 0 Å². The minimum Gasteiger partial charge on any atom is -0.274 e. The summed E-state index contributed by atoms with van der Waals surface area (Å²) in [6.07, 6.45) is 0. The Kier molecular flexibility index (Phi) is 3.35. The summed E-state index contributed by atoms with van der Waals surface area (Å²) in [6, 6.07) is 22.6. The molecule has 1 heterocycles. The summed E-state index contributed by atoms with van der Waals surface area (Å²) in [5, 5.41) is 0. The van der Waals surface area contributed by atoms with Crippen molar-refractivity contribution in [2.24, 2.45) is 11.3 Å². The molecule has 0 saturated carbocycles. The maximum Gasteiger partial charge on any atom is 0.241 e. The van der Waals surface area contributed by atoms with Crippen molar-refractivity contribution in [2.45, 2.75) is 32.6 Å². The maximum absolute atomic E-state index is 14.0. The average Bonchev–Trinajstić information content (AvgIpc) is 2.96. The second kappa shape index (κ2) is 5.69. The van der Waals surface area contributed by atoms with E-state index in [1.807, 2.05) is 63.2 Å². The van der Waals surface area contributed by atoms with E-state index in [4.69, 9.17) is 0 Å². The third-order valence-corrected chi connectivity index (χ3v) is 7.76. The van der Waals surface area contributed by atoms with Crippen molar-refractivity contribution in [1.29, 1.82) is 0 Å². The van der Waals surface area contributed by atoms with Crippen LogP contribution in [-0.2, 0) is 9.59 Å². The van der Waals surface area contributed by atoms with E-state index < -0.39 is 5.41 Å². The van der Waals surface area contributed by atoms with Gasteiger partial charge in [0.2, 0.25) is 11.8 Å². The second-order valence-corrected chi connectivity index (χ2v) is 9.18. The van der Waals surface area contributed by atoms with Crippen LogP contribution in [0.2, 0.25) is 0 Å². The van der Waals surface area contributed by atoms with Gasteiger partial charge in [-0.2, -0.15) is 0 Å². The summed E-state index contributed by atoms with van der Waals surface area (Å²) in [5.74, 6) is -0.695. The molecule has 2 atom stereocenters. The number of imide groups is 1. The van der Waals surface area contributed by atoms with Gasteiger partial charge in [-0.25, -0.2) is 4.90 Å². The molecule has 0 aromatic heterocycles. The van der Waals surface area contributed by atoms with E-state index in [2.05, 4.69) is 24.3 Å². The molecule has 3 nitrogen and oxygen atoms in total. The SMILES string of the molecule is Cc1ccc(N2C(=O)[C@H]3C4c5ccccc5C(c5ccccc54)[C@]3(C)C2=O)cc1C. The number of anilines is 1. The Balaban J connectivity index is 1.61. The van der Waals surface area contributed by atoms with Crippen molar-refractivity contribution in [3.8, 4) is 0 Å². The molecule has 148 valence electrons. The van der Waals surface area contributed by atoms with Gasteiger partial charge < -0.3 is 0 Å². The summed E-state index contributed by atoms with van der Waals surface area (Å²) in [4.78, 5) is 29.3. The van der Waals surface area contributed by atoms with Crippen LogP contribution < -0.4 is 4.90 Å². The summed E-state index contributed by atoms with van der Waals surface area (Å²) in [6.45, 7) is 6.08. The Labute approximate surface area is 176 Å². The molecule has 3 aliphatic carbocycles. The van der Waals surface area contributed by atoms with Crippen LogP contribution in [0.5, 0.6) is 0 Å². The predicted octanol–water partition coefficient (Wildman–Crippen LogP) is 5.09. The van der Waals surface area contributed by atoms with Gasteiger partial charge >= 0.3 is 0 Å². The van der Waals surface area contributed by atoms with Gasteiger partial charge in [0.05, 0.1) is 17.0 Å². The van der Waals surface area contributed by atoms with Gasteiger partial charge in [-0.1, -0.05) is 54.6 Å². The number of hydrogen-bond acceptors (Lipinski definition) is 2. The lowest BCUT2D eigenvalue weighted by Gasteiger charge is -2.51. The second-order valence-electron chi connectivity index (χ2n) is 9.18. The van der Waals surface area contributed by atoms with Gasteiger partial charge in [0, 0.05) is 11.8 Å². The highest BCUT2D eigenvalue weighted by Gasteiger charge is 2.68. The Bertz CT molecular complexity index is 1210. The maximum atomic E-state index is 14.0.